The molecule has 2 aromatic heterocycles. The van der Waals surface area contributed by atoms with Gasteiger partial charge in [-0.25, -0.2) is 13.8 Å². The number of nitrogens with zero attached hydrogens (tertiary/aromatic N) is 2. The number of aromatic amines is 2. The molecule has 1 aliphatic rings. The fraction of sp³-hybridized carbons (Fsp3) is 0.250. The van der Waals surface area contributed by atoms with Gasteiger partial charge in [0.2, 0.25) is 11.5 Å². The molecular weight excluding hydrogens is 504 g/mol. The summed E-state index contributed by atoms with van der Waals surface area (Å²) in [7, 11) is 1.60. The number of aromatic nitrogens is 3. The molecule has 0 unspecified atom stereocenters. The number of benzene rings is 2. The van der Waals surface area contributed by atoms with Crippen molar-refractivity contribution in [3.05, 3.63) is 71.4 Å². The zero-order chi connectivity index (χ0) is 27.7. The average Bonchev–Trinajstić information content (AvgIpc) is 3.40. The molecule has 202 valence electrons. The minimum Gasteiger partial charge on any atom is -0.493 e. The summed E-state index contributed by atoms with van der Waals surface area (Å²) in [5.41, 5.74) is 8.80. The SMILES string of the molecule is COc1cc(C2=CCCN(C(C)C)C2)ccc1Nc1nc(Nc2cc(F)c(F)cc2C(N)=O)c2cc[nH]c2[nH+]1. The summed E-state index contributed by atoms with van der Waals surface area (Å²) >= 11 is 0. The van der Waals surface area contributed by atoms with Crippen LogP contribution in [0.1, 0.15) is 36.2 Å². The van der Waals surface area contributed by atoms with Crippen LogP contribution in [0.2, 0.25) is 0 Å². The summed E-state index contributed by atoms with van der Waals surface area (Å²) in [5, 5.41) is 6.80. The lowest BCUT2D eigenvalue weighted by atomic mass is 9.99. The fourth-order valence-corrected chi connectivity index (χ4v) is 4.66. The number of H-pyrrole nitrogens is 2. The number of hydrogen-bond donors (Lipinski definition) is 4. The molecule has 0 saturated carbocycles. The number of carbonyl (C=O) groups excluding carboxylic acids is 1. The maximum Gasteiger partial charge on any atom is 0.351 e. The monoisotopic (exact) mass is 534 g/mol. The lowest BCUT2D eigenvalue weighted by Crippen LogP contribution is -2.35. The zero-order valence-electron chi connectivity index (χ0n) is 21.9. The molecule has 6 N–H and O–H groups in total. The number of halogens is 2. The van der Waals surface area contributed by atoms with E-state index < -0.39 is 17.5 Å². The van der Waals surface area contributed by atoms with E-state index in [-0.39, 0.29) is 17.1 Å². The van der Waals surface area contributed by atoms with Gasteiger partial charge in [-0.15, -0.1) is 0 Å². The second-order valence-electron chi connectivity index (χ2n) is 9.62. The van der Waals surface area contributed by atoms with Crippen LogP contribution in [0.5, 0.6) is 5.75 Å². The van der Waals surface area contributed by atoms with E-state index in [1.54, 1.807) is 19.4 Å². The molecule has 5 rings (SSSR count). The van der Waals surface area contributed by atoms with Gasteiger partial charge in [0, 0.05) is 31.4 Å². The second kappa shape index (κ2) is 10.7. The summed E-state index contributed by atoms with van der Waals surface area (Å²) in [6.07, 6.45) is 4.97. The highest BCUT2D eigenvalue weighted by Gasteiger charge is 2.21. The van der Waals surface area contributed by atoms with Crippen molar-refractivity contribution in [3.63, 3.8) is 0 Å². The molecule has 39 heavy (non-hydrogen) atoms. The molecule has 0 bridgehead atoms. The first-order chi connectivity index (χ1) is 18.7. The van der Waals surface area contributed by atoms with Gasteiger partial charge < -0.3 is 15.8 Å². The summed E-state index contributed by atoms with van der Waals surface area (Å²) in [5.74, 6) is -1.94. The summed E-state index contributed by atoms with van der Waals surface area (Å²) in [6.45, 7) is 6.32. The highest BCUT2D eigenvalue weighted by molar-refractivity contribution is 6.00. The Kier molecular flexibility index (Phi) is 7.16. The highest BCUT2D eigenvalue weighted by atomic mass is 19.2. The molecule has 9 nitrogen and oxygen atoms in total. The Balaban J connectivity index is 1.47. The quantitative estimate of drug-likeness (QED) is 0.259. The van der Waals surface area contributed by atoms with Gasteiger partial charge in [-0.05, 0) is 55.7 Å². The average molecular weight is 535 g/mol. The molecule has 1 aliphatic heterocycles. The van der Waals surface area contributed by atoms with E-state index in [1.807, 2.05) is 18.2 Å². The van der Waals surface area contributed by atoms with Crippen molar-refractivity contribution in [1.82, 2.24) is 14.9 Å². The number of methoxy groups -OCH3 is 1. The molecule has 3 heterocycles. The van der Waals surface area contributed by atoms with Crippen LogP contribution >= 0.6 is 0 Å². The third kappa shape index (κ3) is 5.39. The first-order valence-corrected chi connectivity index (χ1v) is 12.6. The zero-order valence-corrected chi connectivity index (χ0v) is 21.9. The number of ether oxygens (including phenoxy) is 1. The van der Waals surface area contributed by atoms with Crippen LogP contribution < -0.4 is 26.1 Å². The first-order valence-electron chi connectivity index (χ1n) is 12.6. The van der Waals surface area contributed by atoms with Gasteiger partial charge in [0.1, 0.15) is 5.69 Å². The van der Waals surface area contributed by atoms with Crippen LogP contribution in [-0.4, -0.2) is 47.0 Å². The van der Waals surface area contributed by atoms with Crippen LogP contribution in [0.3, 0.4) is 0 Å². The van der Waals surface area contributed by atoms with E-state index in [0.29, 0.717) is 34.5 Å². The topological polar surface area (TPSA) is 122 Å². The molecule has 0 spiro atoms. The largest absolute Gasteiger partial charge is 0.493 e. The number of nitrogens with two attached hydrogens (primary N) is 1. The predicted molar refractivity (Wildman–Crippen MR) is 146 cm³/mol. The maximum absolute atomic E-state index is 14.0. The Morgan fingerprint density at radius 3 is 2.69 bits per heavy atom. The van der Waals surface area contributed by atoms with Gasteiger partial charge in [0.05, 0.1) is 23.7 Å². The Morgan fingerprint density at radius 2 is 1.95 bits per heavy atom. The molecule has 11 heteroatoms. The summed E-state index contributed by atoms with van der Waals surface area (Å²) < 4.78 is 33.5. The Hall–Kier alpha value is -4.51. The van der Waals surface area contributed by atoms with E-state index in [4.69, 9.17) is 10.5 Å². The van der Waals surface area contributed by atoms with Crippen LogP contribution in [0.25, 0.3) is 16.6 Å². The molecule has 1 amide bonds. The Morgan fingerprint density at radius 1 is 1.15 bits per heavy atom. The summed E-state index contributed by atoms with van der Waals surface area (Å²) in [4.78, 5) is 25.2. The minimum atomic E-state index is -1.17. The molecule has 0 radical (unpaired) electrons. The lowest BCUT2D eigenvalue weighted by Gasteiger charge is -2.31. The van der Waals surface area contributed by atoms with Crippen molar-refractivity contribution in [3.8, 4) is 5.75 Å². The maximum atomic E-state index is 14.0. The number of anilines is 4. The van der Waals surface area contributed by atoms with Crippen molar-refractivity contribution >= 4 is 45.7 Å². The summed E-state index contributed by atoms with van der Waals surface area (Å²) in [6, 6.07) is 9.80. The predicted octanol–water partition coefficient (Wildman–Crippen LogP) is 4.75. The highest BCUT2D eigenvalue weighted by Crippen LogP contribution is 2.33. The molecule has 2 aromatic carbocycles. The van der Waals surface area contributed by atoms with Crippen LogP contribution in [0.4, 0.5) is 31.9 Å². The van der Waals surface area contributed by atoms with Crippen molar-refractivity contribution in [1.29, 1.82) is 0 Å². The Bertz CT molecular complexity index is 1580. The van der Waals surface area contributed by atoms with Gasteiger partial charge in [-0.2, -0.15) is 0 Å². The van der Waals surface area contributed by atoms with Gasteiger partial charge in [-0.3, -0.25) is 20.0 Å². The molecule has 0 aliphatic carbocycles. The number of carbonyl (C=O) groups is 1. The second-order valence-corrected chi connectivity index (χ2v) is 9.62. The van der Waals surface area contributed by atoms with Crippen molar-refractivity contribution in [2.24, 2.45) is 5.73 Å². The third-order valence-corrected chi connectivity index (χ3v) is 6.78. The van der Waals surface area contributed by atoms with Crippen molar-refractivity contribution in [2.75, 3.05) is 30.8 Å². The third-order valence-electron chi connectivity index (χ3n) is 6.78. The molecule has 4 aromatic rings. The van der Waals surface area contributed by atoms with Gasteiger partial charge in [-0.1, -0.05) is 17.1 Å². The number of fused-ring (bicyclic) bond motifs is 1. The van der Waals surface area contributed by atoms with Crippen molar-refractivity contribution < 1.29 is 23.3 Å². The van der Waals surface area contributed by atoms with E-state index in [9.17, 15) is 13.6 Å². The fourth-order valence-electron chi connectivity index (χ4n) is 4.66. The number of rotatable bonds is 8. The van der Waals surface area contributed by atoms with Crippen LogP contribution in [-0.2, 0) is 0 Å². The normalized spacial score (nSPS) is 13.9. The number of hydrogen-bond acceptors (Lipinski definition) is 6. The Labute approximate surface area is 224 Å². The molecule has 0 atom stereocenters. The van der Waals surface area contributed by atoms with E-state index >= 15 is 0 Å². The first kappa shape index (κ1) is 26.1. The molecule has 0 saturated heterocycles. The van der Waals surface area contributed by atoms with Gasteiger partial charge in [0.25, 0.3) is 5.91 Å². The molecule has 0 fully saturated rings. The minimum absolute atomic E-state index is 0.00770. The standard InChI is InChI=1S/C28H29F2N7O2/c1-15(2)37-10-4-5-17(14-37)16-6-7-22(24(11-16)39-3)34-28-35-26-18(8-9-32-26)27(36-28)33-23-13-21(30)20(29)12-19(23)25(31)38/h5-9,11-13,15H,4,10,14H2,1-3H3,(H2,31,38)(H3,32,33,34,35,36)/p+1. The van der Waals surface area contributed by atoms with Gasteiger partial charge >= 0.3 is 5.95 Å². The van der Waals surface area contributed by atoms with Crippen LogP contribution in [0.15, 0.2) is 48.7 Å². The van der Waals surface area contributed by atoms with Crippen LogP contribution in [0, 0.1) is 11.6 Å². The molecular formula is C28H30F2N7O2+. The smallest absolute Gasteiger partial charge is 0.351 e. The lowest BCUT2D eigenvalue weighted by molar-refractivity contribution is -0.333. The number of amides is 1. The van der Waals surface area contributed by atoms with E-state index in [2.05, 4.69) is 50.4 Å². The van der Waals surface area contributed by atoms with E-state index in [0.717, 1.165) is 37.2 Å². The van der Waals surface area contributed by atoms with Crippen molar-refractivity contribution in [2.45, 2.75) is 26.3 Å². The van der Waals surface area contributed by atoms with Gasteiger partial charge in [0.15, 0.2) is 17.4 Å². The van der Waals surface area contributed by atoms with E-state index in [1.165, 1.54) is 5.57 Å². The number of nitrogens with one attached hydrogen (secondary N) is 4. The number of primary amides is 1.